The van der Waals surface area contributed by atoms with E-state index in [1.165, 1.54) is 4.90 Å². The van der Waals surface area contributed by atoms with Crippen molar-refractivity contribution in [2.24, 2.45) is 5.92 Å². The van der Waals surface area contributed by atoms with Gasteiger partial charge in [-0.2, -0.15) is 0 Å². The van der Waals surface area contributed by atoms with Gasteiger partial charge in [0.1, 0.15) is 0 Å². The van der Waals surface area contributed by atoms with Crippen molar-refractivity contribution in [1.29, 1.82) is 0 Å². The van der Waals surface area contributed by atoms with E-state index in [2.05, 4.69) is 6.92 Å². The topological polar surface area (TPSA) is 49.9 Å². The van der Waals surface area contributed by atoms with E-state index in [1.54, 1.807) is 24.3 Å². The first-order chi connectivity index (χ1) is 8.72. The summed E-state index contributed by atoms with van der Waals surface area (Å²) in [6.07, 6.45) is 1.14. The molecule has 2 aliphatic rings. The highest BCUT2D eigenvalue weighted by Gasteiger charge is 2.40. The summed E-state index contributed by atoms with van der Waals surface area (Å²) < 4.78 is 5.27. The van der Waals surface area contributed by atoms with E-state index in [0.29, 0.717) is 17.7 Å². The van der Waals surface area contributed by atoms with E-state index in [-0.39, 0.29) is 23.8 Å². The Labute approximate surface area is 106 Å². The number of carbonyl (C=O) groups excluding carboxylic acids is 2. The van der Waals surface area contributed by atoms with E-state index in [0.717, 1.165) is 13.0 Å². The first-order valence-electron chi connectivity index (χ1n) is 6.29. The SMILES string of the molecule is CCC(CN1C(=O)c2ccccc2C1=O)C1CO1. The van der Waals surface area contributed by atoms with Gasteiger partial charge in [-0.15, -0.1) is 0 Å². The predicted octanol–water partition coefficient (Wildman–Crippen LogP) is 1.71. The van der Waals surface area contributed by atoms with Crippen LogP contribution in [0.4, 0.5) is 0 Å². The molecular weight excluding hydrogens is 230 g/mol. The van der Waals surface area contributed by atoms with Crippen molar-refractivity contribution in [3.63, 3.8) is 0 Å². The molecule has 0 aliphatic carbocycles. The quantitative estimate of drug-likeness (QED) is 0.599. The summed E-state index contributed by atoms with van der Waals surface area (Å²) in [5, 5.41) is 0. The summed E-state index contributed by atoms with van der Waals surface area (Å²) in [4.78, 5) is 25.7. The lowest BCUT2D eigenvalue weighted by Gasteiger charge is -2.19. The highest BCUT2D eigenvalue weighted by atomic mass is 16.6. The molecule has 94 valence electrons. The number of hydrogen-bond donors (Lipinski definition) is 0. The maximum atomic E-state index is 12.2. The van der Waals surface area contributed by atoms with Gasteiger partial charge in [0, 0.05) is 12.5 Å². The van der Waals surface area contributed by atoms with Crippen LogP contribution in [0.3, 0.4) is 0 Å². The first kappa shape index (κ1) is 11.4. The van der Waals surface area contributed by atoms with Crippen LogP contribution >= 0.6 is 0 Å². The Bertz CT molecular complexity index is 473. The Morgan fingerprint density at radius 2 is 1.83 bits per heavy atom. The Morgan fingerprint density at radius 1 is 1.28 bits per heavy atom. The predicted molar refractivity (Wildman–Crippen MR) is 65.3 cm³/mol. The lowest BCUT2D eigenvalue weighted by Crippen LogP contribution is -2.36. The normalized spacial score (nSPS) is 23.2. The molecule has 1 aromatic rings. The number of benzene rings is 1. The second-order valence-electron chi connectivity index (χ2n) is 4.81. The average Bonchev–Trinajstić information content (AvgIpc) is 3.20. The minimum atomic E-state index is -0.172. The van der Waals surface area contributed by atoms with Crippen LogP contribution in [0, 0.1) is 5.92 Å². The molecule has 2 atom stereocenters. The second-order valence-corrected chi connectivity index (χ2v) is 4.81. The van der Waals surface area contributed by atoms with Gasteiger partial charge in [0.2, 0.25) is 0 Å². The maximum Gasteiger partial charge on any atom is 0.261 e. The number of amides is 2. The van der Waals surface area contributed by atoms with Crippen molar-refractivity contribution in [1.82, 2.24) is 4.90 Å². The lowest BCUT2D eigenvalue weighted by molar-refractivity contribution is 0.0619. The molecule has 2 aliphatic heterocycles. The zero-order valence-electron chi connectivity index (χ0n) is 10.3. The zero-order valence-corrected chi connectivity index (χ0v) is 10.3. The Kier molecular flexibility index (Phi) is 2.67. The third-order valence-corrected chi connectivity index (χ3v) is 3.70. The van der Waals surface area contributed by atoms with Crippen molar-refractivity contribution in [2.75, 3.05) is 13.2 Å². The standard InChI is InChI=1S/C14H15NO3/c1-2-9(12-8-18-12)7-15-13(16)10-5-3-4-6-11(10)14(15)17/h3-6,9,12H,2,7-8H2,1H3. The summed E-state index contributed by atoms with van der Waals surface area (Å²) in [5.74, 6) is -0.0865. The summed E-state index contributed by atoms with van der Waals surface area (Å²) in [6.45, 7) is 3.28. The van der Waals surface area contributed by atoms with Crippen molar-refractivity contribution in [2.45, 2.75) is 19.4 Å². The van der Waals surface area contributed by atoms with Crippen LogP contribution < -0.4 is 0 Å². The van der Waals surface area contributed by atoms with E-state index in [1.807, 2.05) is 0 Å². The maximum absolute atomic E-state index is 12.2. The summed E-state index contributed by atoms with van der Waals surface area (Å²) >= 11 is 0. The van der Waals surface area contributed by atoms with Gasteiger partial charge in [0.05, 0.1) is 23.8 Å². The summed E-state index contributed by atoms with van der Waals surface area (Å²) in [5.41, 5.74) is 1.04. The average molecular weight is 245 g/mol. The molecule has 1 aromatic carbocycles. The molecule has 0 aromatic heterocycles. The molecule has 0 bridgehead atoms. The van der Waals surface area contributed by atoms with Gasteiger partial charge >= 0.3 is 0 Å². The molecule has 4 nitrogen and oxygen atoms in total. The fraction of sp³-hybridized carbons (Fsp3) is 0.429. The molecular formula is C14H15NO3. The monoisotopic (exact) mass is 245 g/mol. The van der Waals surface area contributed by atoms with Crippen LogP contribution in [0.1, 0.15) is 34.1 Å². The Balaban J connectivity index is 1.83. The Morgan fingerprint density at radius 3 is 2.28 bits per heavy atom. The van der Waals surface area contributed by atoms with Crippen LogP contribution in [0.25, 0.3) is 0 Å². The van der Waals surface area contributed by atoms with Gasteiger partial charge in [-0.05, 0) is 18.6 Å². The summed E-state index contributed by atoms with van der Waals surface area (Å²) in [6, 6.07) is 7.00. The van der Waals surface area contributed by atoms with E-state index in [9.17, 15) is 9.59 Å². The highest BCUT2D eigenvalue weighted by Crippen LogP contribution is 2.28. The van der Waals surface area contributed by atoms with Crippen LogP contribution in [-0.4, -0.2) is 36.0 Å². The molecule has 1 fully saturated rings. The number of nitrogens with zero attached hydrogens (tertiary/aromatic N) is 1. The van der Waals surface area contributed by atoms with Gasteiger partial charge in [0.15, 0.2) is 0 Å². The smallest absolute Gasteiger partial charge is 0.261 e. The van der Waals surface area contributed by atoms with Gasteiger partial charge in [-0.3, -0.25) is 14.5 Å². The number of carbonyl (C=O) groups is 2. The third kappa shape index (κ3) is 1.73. The highest BCUT2D eigenvalue weighted by molar-refractivity contribution is 6.21. The fourth-order valence-corrected chi connectivity index (χ4v) is 2.48. The molecule has 0 saturated carbocycles. The van der Waals surface area contributed by atoms with E-state index in [4.69, 9.17) is 4.74 Å². The van der Waals surface area contributed by atoms with Crippen LogP contribution in [0.5, 0.6) is 0 Å². The van der Waals surface area contributed by atoms with E-state index < -0.39 is 0 Å². The molecule has 0 radical (unpaired) electrons. The first-order valence-corrected chi connectivity index (χ1v) is 6.29. The molecule has 1 saturated heterocycles. The molecule has 2 heterocycles. The number of imide groups is 1. The fourth-order valence-electron chi connectivity index (χ4n) is 2.48. The minimum Gasteiger partial charge on any atom is -0.373 e. The molecule has 0 N–H and O–H groups in total. The second kappa shape index (κ2) is 4.21. The number of ether oxygens (including phenoxy) is 1. The van der Waals surface area contributed by atoms with Gasteiger partial charge in [-0.25, -0.2) is 0 Å². The molecule has 4 heteroatoms. The number of fused-ring (bicyclic) bond motifs is 1. The van der Waals surface area contributed by atoms with Crippen molar-refractivity contribution >= 4 is 11.8 Å². The van der Waals surface area contributed by atoms with E-state index >= 15 is 0 Å². The van der Waals surface area contributed by atoms with Gasteiger partial charge < -0.3 is 4.74 Å². The van der Waals surface area contributed by atoms with Crippen molar-refractivity contribution in [3.05, 3.63) is 35.4 Å². The summed E-state index contributed by atoms with van der Waals surface area (Å²) in [7, 11) is 0. The van der Waals surface area contributed by atoms with Crippen molar-refractivity contribution in [3.8, 4) is 0 Å². The molecule has 3 rings (SSSR count). The van der Waals surface area contributed by atoms with Gasteiger partial charge in [0.25, 0.3) is 11.8 Å². The molecule has 18 heavy (non-hydrogen) atoms. The zero-order chi connectivity index (χ0) is 12.7. The number of hydrogen-bond acceptors (Lipinski definition) is 3. The van der Waals surface area contributed by atoms with Gasteiger partial charge in [-0.1, -0.05) is 19.1 Å². The molecule has 0 spiro atoms. The third-order valence-electron chi connectivity index (χ3n) is 3.70. The Hall–Kier alpha value is -1.68. The molecule has 2 unspecified atom stereocenters. The lowest BCUT2D eigenvalue weighted by atomic mass is 10.0. The minimum absolute atomic E-state index is 0.172. The largest absolute Gasteiger partial charge is 0.373 e. The molecule has 2 amide bonds. The van der Waals surface area contributed by atoms with Crippen LogP contribution in [-0.2, 0) is 4.74 Å². The van der Waals surface area contributed by atoms with Crippen LogP contribution in [0.2, 0.25) is 0 Å². The number of rotatable bonds is 4. The van der Waals surface area contributed by atoms with Crippen LogP contribution in [0.15, 0.2) is 24.3 Å². The number of epoxide rings is 1. The van der Waals surface area contributed by atoms with Crippen molar-refractivity contribution < 1.29 is 14.3 Å².